The Bertz CT molecular complexity index is 429. The van der Waals surface area contributed by atoms with Gasteiger partial charge in [0, 0.05) is 0 Å². The fraction of sp³-hybridized carbons (Fsp3) is 0.300. The van der Waals surface area contributed by atoms with Crippen LogP contribution in [0.4, 0.5) is 0 Å². The van der Waals surface area contributed by atoms with Crippen LogP contribution >= 0.6 is 7.60 Å². The van der Waals surface area contributed by atoms with Gasteiger partial charge in [0.25, 0.3) is 0 Å². The molecule has 0 spiro atoms. The highest BCUT2D eigenvalue weighted by Gasteiger charge is 2.28. The Labute approximate surface area is 93.5 Å². The van der Waals surface area contributed by atoms with Crippen LogP contribution in [0.2, 0.25) is 0 Å². The molecule has 0 saturated carbocycles. The van der Waals surface area contributed by atoms with Gasteiger partial charge in [-0.1, -0.05) is 12.1 Å². The molecule has 0 aliphatic rings. The number of rotatable bonds is 4. The number of hydrogen-bond donors (Lipinski definition) is 1. The third kappa shape index (κ3) is 2.70. The Balaban J connectivity index is 3.23. The summed E-state index contributed by atoms with van der Waals surface area (Å²) in [6.07, 6.45) is 0. The molecule has 0 heterocycles. The minimum Gasteiger partial charge on any atom is -0.465 e. The van der Waals surface area contributed by atoms with Crippen molar-refractivity contribution in [2.45, 2.75) is 6.92 Å². The maximum atomic E-state index is 11.8. The molecule has 0 radical (unpaired) electrons. The van der Waals surface area contributed by atoms with Crippen LogP contribution < -0.4 is 5.30 Å². The van der Waals surface area contributed by atoms with Crippen molar-refractivity contribution in [1.29, 1.82) is 0 Å². The fourth-order valence-electron chi connectivity index (χ4n) is 1.25. The van der Waals surface area contributed by atoms with Crippen LogP contribution in [0.1, 0.15) is 17.3 Å². The molecule has 0 aliphatic heterocycles. The number of methoxy groups -OCH3 is 1. The summed E-state index contributed by atoms with van der Waals surface area (Å²) in [6.45, 7) is 1.69. The summed E-state index contributed by atoms with van der Waals surface area (Å²) in [5, 5.41) is -0.0382. The summed E-state index contributed by atoms with van der Waals surface area (Å²) in [5.41, 5.74) is 0.0456. The van der Waals surface area contributed by atoms with E-state index in [-0.39, 0.29) is 17.5 Å². The number of esters is 1. The van der Waals surface area contributed by atoms with Gasteiger partial charge < -0.3 is 14.2 Å². The fourth-order valence-corrected chi connectivity index (χ4v) is 2.48. The molecule has 16 heavy (non-hydrogen) atoms. The second-order valence-corrected chi connectivity index (χ2v) is 4.73. The first-order chi connectivity index (χ1) is 7.53. The average Bonchev–Trinajstić information content (AvgIpc) is 2.28. The van der Waals surface area contributed by atoms with Gasteiger partial charge in [-0.2, -0.15) is 0 Å². The minimum atomic E-state index is -3.95. The monoisotopic (exact) mass is 244 g/mol. The van der Waals surface area contributed by atoms with E-state index in [0.717, 1.165) is 0 Å². The summed E-state index contributed by atoms with van der Waals surface area (Å²) >= 11 is 0. The van der Waals surface area contributed by atoms with Crippen molar-refractivity contribution in [3.8, 4) is 0 Å². The normalized spacial score (nSPS) is 14.2. The smallest absolute Gasteiger partial charge is 0.359 e. The second kappa shape index (κ2) is 5.25. The quantitative estimate of drug-likeness (QED) is 0.638. The van der Waals surface area contributed by atoms with Crippen LogP contribution in [0.5, 0.6) is 0 Å². The number of carbonyl (C=O) groups excluding carboxylic acids is 1. The molecular weight excluding hydrogens is 231 g/mol. The molecule has 0 fully saturated rings. The third-order valence-electron chi connectivity index (χ3n) is 1.92. The molecule has 1 rings (SSSR count). The van der Waals surface area contributed by atoms with Gasteiger partial charge in [0.05, 0.1) is 24.6 Å². The second-order valence-electron chi connectivity index (χ2n) is 2.95. The van der Waals surface area contributed by atoms with Gasteiger partial charge >= 0.3 is 13.6 Å². The maximum absolute atomic E-state index is 11.8. The van der Waals surface area contributed by atoms with Gasteiger partial charge in [0.15, 0.2) is 0 Å². The minimum absolute atomic E-state index is 0.0382. The van der Waals surface area contributed by atoms with Crippen molar-refractivity contribution in [2.24, 2.45) is 0 Å². The molecule has 1 N–H and O–H groups in total. The maximum Gasteiger partial charge on any atom is 0.359 e. The van der Waals surface area contributed by atoms with E-state index in [4.69, 9.17) is 4.52 Å². The van der Waals surface area contributed by atoms with Crippen molar-refractivity contribution >= 4 is 18.9 Å². The van der Waals surface area contributed by atoms with Crippen molar-refractivity contribution in [3.63, 3.8) is 0 Å². The lowest BCUT2D eigenvalue weighted by Gasteiger charge is -2.13. The standard InChI is InChI=1S/C10H13O5P/c1-3-15-16(12,13)9-7-5-4-6-8(9)10(11)14-2/h4-7H,3H2,1-2H3,(H,12,13). The van der Waals surface area contributed by atoms with E-state index < -0.39 is 13.6 Å². The molecule has 1 atom stereocenters. The zero-order valence-corrected chi connectivity index (χ0v) is 9.94. The van der Waals surface area contributed by atoms with Crippen molar-refractivity contribution in [2.75, 3.05) is 13.7 Å². The molecule has 0 saturated heterocycles. The lowest BCUT2D eigenvalue weighted by Crippen LogP contribution is -2.18. The molecule has 1 aromatic rings. The Morgan fingerprint density at radius 1 is 1.44 bits per heavy atom. The lowest BCUT2D eigenvalue weighted by molar-refractivity contribution is 0.0601. The molecule has 0 bridgehead atoms. The van der Waals surface area contributed by atoms with Gasteiger partial charge in [-0.3, -0.25) is 4.57 Å². The van der Waals surface area contributed by atoms with Crippen molar-refractivity contribution < 1.29 is 23.5 Å². The van der Waals surface area contributed by atoms with Crippen LogP contribution in [0.15, 0.2) is 24.3 Å². The van der Waals surface area contributed by atoms with Crippen LogP contribution in [-0.4, -0.2) is 24.6 Å². The summed E-state index contributed by atoms with van der Waals surface area (Å²) in [7, 11) is -2.74. The van der Waals surface area contributed by atoms with Crippen molar-refractivity contribution in [1.82, 2.24) is 0 Å². The predicted octanol–water partition coefficient (Wildman–Crippen LogP) is 1.32. The first-order valence-corrected chi connectivity index (χ1v) is 6.26. The van der Waals surface area contributed by atoms with Crippen LogP contribution in [0, 0.1) is 0 Å². The molecule has 0 aliphatic carbocycles. The highest BCUT2D eigenvalue weighted by atomic mass is 31.2. The molecule has 1 aromatic carbocycles. The number of ether oxygens (including phenoxy) is 1. The van der Waals surface area contributed by atoms with Crippen LogP contribution in [0.25, 0.3) is 0 Å². The highest BCUT2D eigenvalue weighted by molar-refractivity contribution is 7.61. The zero-order valence-electron chi connectivity index (χ0n) is 9.04. The largest absolute Gasteiger partial charge is 0.465 e. The Hall–Kier alpha value is -1.16. The van der Waals surface area contributed by atoms with Gasteiger partial charge in [0.1, 0.15) is 0 Å². The van der Waals surface area contributed by atoms with E-state index in [1.165, 1.54) is 19.2 Å². The first-order valence-electron chi connectivity index (χ1n) is 4.68. The van der Waals surface area contributed by atoms with E-state index in [2.05, 4.69) is 4.74 Å². The van der Waals surface area contributed by atoms with Gasteiger partial charge in [0.2, 0.25) is 0 Å². The molecule has 6 heteroatoms. The summed E-state index contributed by atoms with van der Waals surface area (Å²) in [6, 6.07) is 5.94. The summed E-state index contributed by atoms with van der Waals surface area (Å²) in [5.74, 6) is -0.662. The van der Waals surface area contributed by atoms with E-state index in [1.807, 2.05) is 0 Å². The average molecular weight is 244 g/mol. The number of carbonyl (C=O) groups is 1. The van der Waals surface area contributed by atoms with E-state index in [9.17, 15) is 14.3 Å². The molecule has 0 aromatic heterocycles. The predicted molar refractivity (Wildman–Crippen MR) is 58.9 cm³/mol. The molecule has 0 amide bonds. The summed E-state index contributed by atoms with van der Waals surface area (Å²) < 4.78 is 21.1. The summed E-state index contributed by atoms with van der Waals surface area (Å²) in [4.78, 5) is 21.0. The molecule has 88 valence electrons. The van der Waals surface area contributed by atoms with Crippen LogP contribution in [0.3, 0.4) is 0 Å². The molecular formula is C10H13O5P. The zero-order chi connectivity index (χ0) is 12.2. The Kier molecular flexibility index (Phi) is 4.24. The Morgan fingerprint density at radius 2 is 2.06 bits per heavy atom. The van der Waals surface area contributed by atoms with Crippen molar-refractivity contribution in [3.05, 3.63) is 29.8 Å². The molecule has 1 unspecified atom stereocenters. The highest BCUT2D eigenvalue weighted by Crippen LogP contribution is 2.41. The molecule has 5 nitrogen and oxygen atoms in total. The van der Waals surface area contributed by atoms with Gasteiger partial charge in [-0.15, -0.1) is 0 Å². The van der Waals surface area contributed by atoms with Crippen LogP contribution in [-0.2, 0) is 13.8 Å². The number of hydrogen-bond acceptors (Lipinski definition) is 4. The van der Waals surface area contributed by atoms with E-state index in [0.29, 0.717) is 0 Å². The van der Waals surface area contributed by atoms with Gasteiger partial charge in [-0.05, 0) is 19.1 Å². The number of benzene rings is 1. The SMILES string of the molecule is CCOP(=O)(O)c1ccccc1C(=O)OC. The topological polar surface area (TPSA) is 72.8 Å². The van der Waals surface area contributed by atoms with Gasteiger partial charge in [-0.25, -0.2) is 4.79 Å². The first kappa shape index (κ1) is 12.9. The van der Waals surface area contributed by atoms with E-state index in [1.54, 1.807) is 19.1 Å². The lowest BCUT2D eigenvalue weighted by atomic mass is 10.2. The van der Waals surface area contributed by atoms with E-state index >= 15 is 0 Å². The third-order valence-corrected chi connectivity index (χ3v) is 3.52. The Morgan fingerprint density at radius 3 is 2.62 bits per heavy atom.